The van der Waals surface area contributed by atoms with Crippen LogP contribution in [0.1, 0.15) is 61.8 Å². The minimum absolute atomic E-state index is 0.00897. The van der Waals surface area contributed by atoms with Crippen molar-refractivity contribution in [2.75, 3.05) is 10.6 Å². The number of nitrogens with zero attached hydrogens (tertiary/aromatic N) is 1. The summed E-state index contributed by atoms with van der Waals surface area (Å²) in [6, 6.07) is 8.28. The molecule has 5 aliphatic rings. The quantitative estimate of drug-likeness (QED) is 0.432. The lowest BCUT2D eigenvalue weighted by atomic mass is 9.48. The molecular weight excluding hydrogens is 506 g/mol. The standard InChI is InChI=1S/C28H33N3O4S2/c1-2-25(32)30-27-12-21-16-31(17-24(21)36-27)37(34,35)23-5-3-22(4-6-23)29-26(33)7-8-28-13-18-9-19(14-28)11-20(10-18)15-28/h2-6,12,18-20H,1,7-11,13-17H2,(H,29,33)(H,30,32). The van der Waals surface area contributed by atoms with Gasteiger partial charge in [-0.15, -0.1) is 11.3 Å². The molecule has 7 nitrogen and oxygen atoms in total. The van der Waals surface area contributed by atoms with Crippen molar-refractivity contribution >= 4 is 43.9 Å². The first-order valence-electron chi connectivity index (χ1n) is 13.2. The predicted octanol–water partition coefficient (Wildman–Crippen LogP) is 5.51. The van der Waals surface area contributed by atoms with Gasteiger partial charge in [-0.25, -0.2) is 8.42 Å². The van der Waals surface area contributed by atoms with Crippen molar-refractivity contribution in [3.63, 3.8) is 0 Å². The van der Waals surface area contributed by atoms with Gasteiger partial charge in [-0.1, -0.05) is 6.58 Å². The number of amides is 2. The van der Waals surface area contributed by atoms with E-state index >= 15 is 0 Å². The van der Waals surface area contributed by atoms with Crippen LogP contribution < -0.4 is 10.6 Å². The molecule has 4 fully saturated rings. The maximum atomic E-state index is 13.2. The first kappa shape index (κ1) is 24.8. The van der Waals surface area contributed by atoms with Gasteiger partial charge in [0.1, 0.15) is 0 Å². The van der Waals surface area contributed by atoms with E-state index in [4.69, 9.17) is 0 Å². The van der Waals surface area contributed by atoms with Crippen LogP contribution in [0.2, 0.25) is 0 Å². The van der Waals surface area contributed by atoms with E-state index in [-0.39, 0.29) is 29.8 Å². The maximum absolute atomic E-state index is 13.2. The summed E-state index contributed by atoms with van der Waals surface area (Å²) in [5.74, 6) is 2.36. The first-order valence-corrected chi connectivity index (χ1v) is 15.4. The summed E-state index contributed by atoms with van der Waals surface area (Å²) in [4.78, 5) is 25.4. The molecule has 4 bridgehead atoms. The second-order valence-corrected chi connectivity index (χ2v) is 14.6. The van der Waals surface area contributed by atoms with Crippen molar-refractivity contribution in [1.82, 2.24) is 4.31 Å². The molecule has 196 valence electrons. The van der Waals surface area contributed by atoms with Crippen molar-refractivity contribution in [2.45, 2.75) is 69.4 Å². The van der Waals surface area contributed by atoms with Gasteiger partial charge < -0.3 is 10.6 Å². The molecule has 0 saturated heterocycles. The topological polar surface area (TPSA) is 95.6 Å². The Hall–Kier alpha value is -2.49. The molecule has 4 saturated carbocycles. The molecule has 4 aliphatic carbocycles. The van der Waals surface area contributed by atoms with E-state index in [1.54, 1.807) is 24.3 Å². The van der Waals surface area contributed by atoms with Crippen LogP contribution in [0.3, 0.4) is 0 Å². The molecule has 2 N–H and O–H groups in total. The van der Waals surface area contributed by atoms with Gasteiger partial charge in [0.05, 0.1) is 9.90 Å². The van der Waals surface area contributed by atoms with Crippen molar-refractivity contribution in [1.29, 1.82) is 0 Å². The second kappa shape index (κ2) is 9.36. The van der Waals surface area contributed by atoms with Crippen LogP contribution >= 0.6 is 11.3 Å². The Balaban J connectivity index is 1.04. The highest BCUT2D eigenvalue weighted by Gasteiger charge is 2.50. The summed E-state index contributed by atoms with van der Waals surface area (Å²) in [6.07, 6.45) is 10.8. The molecule has 1 aliphatic heterocycles. The molecule has 1 aromatic carbocycles. The fraction of sp³-hybridized carbons (Fsp3) is 0.500. The number of rotatable bonds is 8. The van der Waals surface area contributed by atoms with Gasteiger partial charge in [-0.05, 0) is 110 Å². The summed E-state index contributed by atoms with van der Waals surface area (Å²) in [5.41, 5.74) is 1.90. The van der Waals surface area contributed by atoms with Gasteiger partial charge in [-0.2, -0.15) is 4.31 Å². The third-order valence-electron chi connectivity index (χ3n) is 8.82. The minimum atomic E-state index is -3.67. The van der Waals surface area contributed by atoms with Gasteiger partial charge in [-0.3, -0.25) is 9.59 Å². The average molecular weight is 540 g/mol. The molecule has 0 atom stereocenters. The number of hydrogen-bond donors (Lipinski definition) is 2. The monoisotopic (exact) mass is 539 g/mol. The summed E-state index contributed by atoms with van der Waals surface area (Å²) >= 11 is 1.38. The van der Waals surface area contributed by atoms with E-state index in [1.165, 1.54) is 60.2 Å². The SMILES string of the molecule is C=CC(=O)Nc1cc2c(s1)CN(S(=O)(=O)c1ccc(NC(=O)CCC34CC5CC(CC(C5)C3)C4)cc1)C2. The molecule has 37 heavy (non-hydrogen) atoms. The van der Waals surface area contributed by atoms with E-state index in [1.807, 2.05) is 6.07 Å². The van der Waals surface area contributed by atoms with E-state index in [2.05, 4.69) is 17.2 Å². The Labute approximate surface area is 222 Å². The highest BCUT2D eigenvalue weighted by Crippen LogP contribution is 2.61. The van der Waals surface area contributed by atoms with E-state index < -0.39 is 10.0 Å². The number of carbonyl (C=O) groups is 2. The smallest absolute Gasteiger partial charge is 0.248 e. The average Bonchev–Trinajstić information content (AvgIpc) is 3.42. The number of fused-ring (bicyclic) bond motifs is 1. The molecule has 0 unspecified atom stereocenters. The molecule has 2 aromatic rings. The van der Waals surface area contributed by atoms with Gasteiger partial charge in [0.2, 0.25) is 21.8 Å². The van der Waals surface area contributed by atoms with Gasteiger partial charge in [0.15, 0.2) is 0 Å². The highest BCUT2D eigenvalue weighted by molar-refractivity contribution is 7.89. The summed E-state index contributed by atoms with van der Waals surface area (Å²) in [7, 11) is -3.67. The van der Waals surface area contributed by atoms with Gasteiger partial charge in [0.25, 0.3) is 0 Å². The largest absolute Gasteiger partial charge is 0.326 e. The Bertz CT molecular complexity index is 1290. The van der Waals surface area contributed by atoms with Crippen molar-refractivity contribution in [3.8, 4) is 0 Å². The summed E-state index contributed by atoms with van der Waals surface area (Å²) in [6.45, 7) is 3.98. The molecule has 1 aromatic heterocycles. The Morgan fingerprint density at radius 3 is 2.27 bits per heavy atom. The summed E-state index contributed by atoms with van der Waals surface area (Å²) in [5, 5.41) is 6.39. The van der Waals surface area contributed by atoms with E-state index in [9.17, 15) is 18.0 Å². The number of carbonyl (C=O) groups excluding carboxylic acids is 2. The van der Waals surface area contributed by atoms with Crippen LogP contribution in [0.15, 0.2) is 47.9 Å². The van der Waals surface area contributed by atoms with Crippen LogP contribution in [-0.4, -0.2) is 24.5 Å². The second-order valence-electron chi connectivity index (χ2n) is 11.5. The maximum Gasteiger partial charge on any atom is 0.248 e. The zero-order valence-electron chi connectivity index (χ0n) is 20.9. The van der Waals surface area contributed by atoms with Gasteiger partial charge >= 0.3 is 0 Å². The van der Waals surface area contributed by atoms with Crippen LogP contribution in [-0.2, 0) is 32.7 Å². The summed E-state index contributed by atoms with van der Waals surface area (Å²) < 4.78 is 27.9. The number of benzene rings is 1. The number of nitrogens with one attached hydrogen (secondary N) is 2. The molecule has 2 heterocycles. The normalized spacial score (nSPS) is 28.2. The van der Waals surface area contributed by atoms with Gasteiger partial charge in [0, 0.05) is 30.1 Å². The van der Waals surface area contributed by atoms with Crippen LogP contribution in [0.25, 0.3) is 0 Å². The third kappa shape index (κ3) is 4.89. The van der Waals surface area contributed by atoms with E-state index in [0.717, 1.165) is 34.6 Å². The lowest BCUT2D eigenvalue weighted by Gasteiger charge is -2.57. The van der Waals surface area contributed by atoms with E-state index in [0.29, 0.717) is 22.5 Å². The Morgan fingerprint density at radius 2 is 1.68 bits per heavy atom. The van der Waals surface area contributed by atoms with Crippen LogP contribution in [0, 0.1) is 23.2 Å². The highest BCUT2D eigenvalue weighted by atomic mass is 32.2. The third-order valence-corrected chi connectivity index (χ3v) is 11.7. The van der Waals surface area contributed by atoms with Crippen LogP contribution in [0.5, 0.6) is 0 Å². The van der Waals surface area contributed by atoms with Crippen molar-refractivity contribution in [2.24, 2.45) is 23.2 Å². The molecule has 0 radical (unpaired) electrons. The molecule has 7 rings (SSSR count). The molecular formula is C28H33N3O4S2. The number of sulfonamides is 1. The fourth-order valence-corrected chi connectivity index (χ4v) is 10.2. The fourth-order valence-electron chi connectivity index (χ4n) is 7.60. The Kier molecular flexibility index (Phi) is 6.28. The number of thiophene rings is 1. The predicted molar refractivity (Wildman–Crippen MR) is 144 cm³/mol. The van der Waals surface area contributed by atoms with Crippen molar-refractivity contribution in [3.05, 3.63) is 53.4 Å². The zero-order valence-corrected chi connectivity index (χ0v) is 22.5. The zero-order chi connectivity index (χ0) is 25.8. The number of anilines is 2. The Morgan fingerprint density at radius 1 is 1.03 bits per heavy atom. The van der Waals surface area contributed by atoms with Crippen LogP contribution in [0.4, 0.5) is 10.7 Å². The lowest BCUT2D eigenvalue weighted by Crippen LogP contribution is -2.46. The molecule has 2 amide bonds. The molecule has 9 heteroatoms. The number of hydrogen-bond acceptors (Lipinski definition) is 5. The lowest BCUT2D eigenvalue weighted by molar-refractivity contribution is -0.118. The first-order chi connectivity index (χ1) is 17.7. The molecule has 0 spiro atoms. The minimum Gasteiger partial charge on any atom is -0.326 e. The van der Waals surface area contributed by atoms with Crippen molar-refractivity contribution < 1.29 is 18.0 Å².